The van der Waals surface area contributed by atoms with E-state index in [2.05, 4.69) is 5.10 Å². The topological polar surface area (TPSA) is 74.3 Å². The third kappa shape index (κ3) is 3.70. The van der Waals surface area contributed by atoms with Crippen LogP contribution in [0.1, 0.15) is 26.5 Å². The van der Waals surface area contributed by atoms with Crippen LogP contribution in [0.5, 0.6) is 5.75 Å². The van der Waals surface area contributed by atoms with Crippen molar-refractivity contribution >= 4 is 50.1 Å². The molecule has 0 radical (unpaired) electrons. The van der Waals surface area contributed by atoms with Gasteiger partial charge in [0.2, 0.25) is 0 Å². The number of hydrogen-bond acceptors (Lipinski definition) is 6. The Balaban J connectivity index is 1.45. The van der Waals surface area contributed by atoms with Crippen LogP contribution in [0.4, 0.5) is 0 Å². The summed E-state index contributed by atoms with van der Waals surface area (Å²) >= 11 is 7.62. The third-order valence-electron chi connectivity index (χ3n) is 5.22. The van der Waals surface area contributed by atoms with Gasteiger partial charge in [0.15, 0.2) is 0 Å². The molecule has 5 aromatic rings. The van der Waals surface area contributed by atoms with Gasteiger partial charge in [-0.05, 0) is 49.2 Å². The minimum absolute atomic E-state index is 0.308. The van der Waals surface area contributed by atoms with Crippen LogP contribution in [-0.4, -0.2) is 15.7 Å². The molecule has 0 spiro atoms. The zero-order chi connectivity index (χ0) is 22.4. The van der Waals surface area contributed by atoms with Crippen LogP contribution in [0.25, 0.3) is 21.2 Å². The molecule has 0 bridgehead atoms. The van der Waals surface area contributed by atoms with E-state index in [1.165, 1.54) is 17.4 Å². The molecule has 0 N–H and O–H groups in total. The Morgan fingerprint density at radius 1 is 1.12 bits per heavy atom. The van der Waals surface area contributed by atoms with Gasteiger partial charge in [-0.2, -0.15) is 5.10 Å². The molecule has 3 aromatic heterocycles. The molecule has 6 nitrogen and oxygen atoms in total. The van der Waals surface area contributed by atoms with Gasteiger partial charge in [-0.3, -0.25) is 4.68 Å². The van der Waals surface area contributed by atoms with Crippen molar-refractivity contribution in [1.82, 2.24) is 9.78 Å². The summed E-state index contributed by atoms with van der Waals surface area (Å²) < 4.78 is 12.6. The lowest BCUT2D eigenvalue weighted by Crippen LogP contribution is -2.07. The number of fused-ring (bicyclic) bond motifs is 2. The number of aromatic nitrogens is 2. The predicted molar refractivity (Wildman–Crippen MR) is 125 cm³/mol. The van der Waals surface area contributed by atoms with Crippen LogP contribution >= 0.6 is 22.9 Å². The maximum atomic E-state index is 12.8. The van der Waals surface area contributed by atoms with E-state index in [-0.39, 0.29) is 0 Å². The van der Waals surface area contributed by atoms with Crippen molar-refractivity contribution in [3.8, 4) is 5.75 Å². The van der Waals surface area contributed by atoms with E-state index in [9.17, 15) is 9.59 Å². The summed E-state index contributed by atoms with van der Waals surface area (Å²) in [6, 6.07) is 15.8. The maximum Gasteiger partial charge on any atom is 0.353 e. The standard InChI is InChI=1S/C24H17ClN2O4S/c1-13-9-22(28)31-20-10-16(7-8-17(13)20)30-24(29)21-11-18-14(2)26-27(23(18)32-21)12-15-5-3-4-6-19(15)25/h3-11H,12H2,1-2H3. The summed E-state index contributed by atoms with van der Waals surface area (Å²) in [6.45, 7) is 4.24. The van der Waals surface area contributed by atoms with Crippen LogP contribution in [-0.2, 0) is 6.54 Å². The van der Waals surface area contributed by atoms with Crippen LogP contribution in [0.2, 0.25) is 5.02 Å². The Morgan fingerprint density at radius 3 is 2.75 bits per heavy atom. The first kappa shape index (κ1) is 20.5. The molecule has 3 heterocycles. The molecule has 8 heteroatoms. The molecule has 0 amide bonds. The summed E-state index contributed by atoms with van der Waals surface area (Å²) in [5.41, 5.74) is 2.51. The fourth-order valence-corrected chi connectivity index (χ4v) is 4.87. The monoisotopic (exact) mass is 464 g/mol. The lowest BCUT2D eigenvalue weighted by atomic mass is 10.1. The second-order valence-electron chi connectivity index (χ2n) is 7.46. The number of ether oxygens (including phenoxy) is 1. The largest absolute Gasteiger partial charge is 0.423 e. The maximum absolute atomic E-state index is 12.8. The van der Waals surface area contributed by atoms with Crippen LogP contribution in [0, 0.1) is 13.8 Å². The van der Waals surface area contributed by atoms with Gasteiger partial charge >= 0.3 is 11.6 Å². The number of esters is 1. The third-order valence-corrected chi connectivity index (χ3v) is 6.72. The molecule has 0 aliphatic carbocycles. The second-order valence-corrected chi connectivity index (χ2v) is 8.90. The first-order valence-electron chi connectivity index (χ1n) is 9.86. The van der Waals surface area contributed by atoms with Gasteiger partial charge < -0.3 is 9.15 Å². The Morgan fingerprint density at radius 2 is 1.94 bits per heavy atom. The highest BCUT2D eigenvalue weighted by Gasteiger charge is 2.19. The molecule has 0 saturated carbocycles. The van der Waals surface area contributed by atoms with E-state index in [0.717, 1.165) is 32.4 Å². The quantitative estimate of drug-likeness (QED) is 0.192. The lowest BCUT2D eigenvalue weighted by Gasteiger charge is -2.06. The summed E-state index contributed by atoms with van der Waals surface area (Å²) in [5.74, 6) is -0.174. The zero-order valence-corrected chi connectivity index (χ0v) is 18.8. The number of halogens is 1. The summed E-state index contributed by atoms with van der Waals surface area (Å²) in [4.78, 5) is 25.8. The number of hydrogen-bond donors (Lipinski definition) is 0. The van der Waals surface area contributed by atoms with E-state index < -0.39 is 11.6 Å². The van der Waals surface area contributed by atoms with E-state index >= 15 is 0 Å². The number of thiophene rings is 1. The number of carbonyl (C=O) groups is 1. The van der Waals surface area contributed by atoms with Gasteiger partial charge in [0.05, 0.1) is 12.2 Å². The van der Waals surface area contributed by atoms with Crippen LogP contribution in [0.15, 0.2) is 63.8 Å². The highest BCUT2D eigenvalue weighted by molar-refractivity contribution is 7.20. The zero-order valence-electron chi connectivity index (χ0n) is 17.2. The summed E-state index contributed by atoms with van der Waals surface area (Å²) in [5, 5.41) is 6.96. The van der Waals surface area contributed by atoms with E-state index in [1.807, 2.05) is 42.8 Å². The highest BCUT2D eigenvalue weighted by Crippen LogP contribution is 2.31. The molecule has 2 aromatic carbocycles. The summed E-state index contributed by atoms with van der Waals surface area (Å²) in [7, 11) is 0. The van der Waals surface area contributed by atoms with Gasteiger partial charge in [0.25, 0.3) is 0 Å². The van der Waals surface area contributed by atoms with Gasteiger partial charge in [-0.25, -0.2) is 9.59 Å². The van der Waals surface area contributed by atoms with Crippen molar-refractivity contribution in [3.63, 3.8) is 0 Å². The SMILES string of the molecule is Cc1cc(=O)oc2cc(OC(=O)c3cc4c(C)nn(Cc5ccccc5Cl)c4s3)ccc12. The Bertz CT molecular complexity index is 1560. The molecule has 0 unspecified atom stereocenters. The number of aryl methyl sites for hydroxylation is 2. The van der Waals surface area contributed by atoms with Crippen molar-refractivity contribution in [1.29, 1.82) is 0 Å². The number of rotatable bonds is 4. The molecule has 5 rings (SSSR count). The minimum atomic E-state index is -0.482. The van der Waals surface area contributed by atoms with Gasteiger partial charge in [-0.15, -0.1) is 11.3 Å². The Kier molecular flexibility index (Phi) is 5.07. The first-order valence-corrected chi connectivity index (χ1v) is 11.1. The fourth-order valence-electron chi connectivity index (χ4n) is 3.63. The molecule has 0 fully saturated rings. The normalized spacial score (nSPS) is 11.3. The number of nitrogens with zero attached hydrogens (tertiary/aromatic N) is 2. The number of benzene rings is 2. The van der Waals surface area contributed by atoms with E-state index in [1.54, 1.807) is 24.3 Å². The average Bonchev–Trinajstić information content (AvgIpc) is 3.31. The van der Waals surface area contributed by atoms with Gasteiger partial charge in [0, 0.05) is 27.9 Å². The fraction of sp³-hybridized carbons (Fsp3) is 0.125. The molecule has 32 heavy (non-hydrogen) atoms. The van der Waals surface area contributed by atoms with Crippen LogP contribution in [0.3, 0.4) is 0 Å². The van der Waals surface area contributed by atoms with Crippen LogP contribution < -0.4 is 10.4 Å². The van der Waals surface area contributed by atoms with Crippen molar-refractivity contribution in [2.24, 2.45) is 0 Å². The smallest absolute Gasteiger partial charge is 0.353 e. The Hall–Kier alpha value is -3.42. The highest BCUT2D eigenvalue weighted by atomic mass is 35.5. The minimum Gasteiger partial charge on any atom is -0.423 e. The van der Waals surface area contributed by atoms with E-state index in [0.29, 0.717) is 27.8 Å². The van der Waals surface area contributed by atoms with Crippen molar-refractivity contribution in [2.45, 2.75) is 20.4 Å². The molecule has 0 aliphatic heterocycles. The first-order chi connectivity index (χ1) is 15.4. The van der Waals surface area contributed by atoms with Gasteiger partial charge in [0.1, 0.15) is 21.0 Å². The molecule has 0 atom stereocenters. The molecular weight excluding hydrogens is 448 g/mol. The summed E-state index contributed by atoms with van der Waals surface area (Å²) in [6.07, 6.45) is 0. The molecular formula is C24H17ClN2O4S. The average molecular weight is 465 g/mol. The molecule has 0 aliphatic rings. The van der Waals surface area contributed by atoms with Crippen molar-refractivity contribution in [2.75, 3.05) is 0 Å². The lowest BCUT2D eigenvalue weighted by molar-refractivity contribution is 0.0740. The van der Waals surface area contributed by atoms with Crippen molar-refractivity contribution < 1.29 is 13.9 Å². The second kappa shape index (κ2) is 7.93. The Labute approximate surface area is 191 Å². The van der Waals surface area contributed by atoms with E-state index in [4.69, 9.17) is 20.8 Å². The molecule has 160 valence electrons. The molecule has 0 saturated heterocycles. The number of carbonyl (C=O) groups excluding carboxylic acids is 1. The van der Waals surface area contributed by atoms with Crippen molar-refractivity contribution in [3.05, 3.63) is 91.7 Å². The predicted octanol–water partition coefficient (Wildman–Crippen LogP) is 5.74. The van der Waals surface area contributed by atoms with Gasteiger partial charge in [-0.1, -0.05) is 29.8 Å².